The number of allylic oxidation sites excluding steroid dienone is 2. The highest BCUT2D eigenvalue weighted by Crippen LogP contribution is 2.64. The molecular formula is C16H10F9NOS. The van der Waals surface area contributed by atoms with Crippen molar-refractivity contribution in [3.05, 3.63) is 47.2 Å². The van der Waals surface area contributed by atoms with Crippen molar-refractivity contribution in [1.82, 2.24) is 4.90 Å². The van der Waals surface area contributed by atoms with Crippen molar-refractivity contribution in [2.75, 3.05) is 5.75 Å². The number of benzene rings is 1. The van der Waals surface area contributed by atoms with Crippen molar-refractivity contribution in [1.29, 1.82) is 0 Å². The number of carbonyl (C=O) groups is 1. The second-order valence-electron chi connectivity index (χ2n) is 6.24. The monoisotopic (exact) mass is 435 g/mol. The van der Waals surface area contributed by atoms with Crippen molar-refractivity contribution < 1.29 is 44.3 Å². The molecule has 1 aromatic carbocycles. The van der Waals surface area contributed by atoms with E-state index in [9.17, 15) is 44.3 Å². The van der Waals surface area contributed by atoms with Gasteiger partial charge in [0.05, 0.1) is 6.04 Å². The lowest BCUT2D eigenvalue weighted by Crippen LogP contribution is -2.52. The van der Waals surface area contributed by atoms with Gasteiger partial charge >= 0.3 is 23.9 Å². The molecule has 12 heteroatoms. The Balaban J connectivity index is 2.17. The second kappa shape index (κ2) is 6.33. The van der Waals surface area contributed by atoms with Crippen LogP contribution in [0.2, 0.25) is 0 Å². The first-order valence-corrected chi connectivity index (χ1v) is 8.67. The SMILES string of the molecule is O=C1SCC(Cc2ccccc2)N1C1=C(C(F)(F)F)C(F)(F)C(F)(F)C1(F)F. The molecule has 1 aliphatic heterocycles. The van der Waals surface area contributed by atoms with Crippen LogP contribution in [0.15, 0.2) is 41.6 Å². The molecule has 3 rings (SSSR count). The lowest BCUT2D eigenvalue weighted by atomic mass is 10.0. The summed E-state index contributed by atoms with van der Waals surface area (Å²) in [6.07, 6.45) is -6.48. The Labute approximate surface area is 156 Å². The molecule has 1 amide bonds. The van der Waals surface area contributed by atoms with Gasteiger partial charge < -0.3 is 0 Å². The second-order valence-corrected chi connectivity index (χ2v) is 7.21. The van der Waals surface area contributed by atoms with E-state index in [1.807, 2.05) is 0 Å². The minimum absolute atomic E-state index is 0.241. The van der Waals surface area contributed by atoms with Crippen LogP contribution >= 0.6 is 11.8 Å². The fourth-order valence-corrected chi connectivity index (χ4v) is 4.14. The number of hydrogen-bond donors (Lipinski definition) is 0. The first-order chi connectivity index (χ1) is 12.7. The Morgan fingerprint density at radius 2 is 1.57 bits per heavy atom. The standard InChI is InChI=1S/C16H10F9NOS/c17-13(18)10(15(21,22)23)11(14(19,20)16(13,24)25)26-9(7-28-12(26)27)6-8-4-2-1-3-5-8/h1-5,9H,6-7H2. The van der Waals surface area contributed by atoms with E-state index in [0.29, 0.717) is 17.3 Å². The molecule has 2 aliphatic rings. The van der Waals surface area contributed by atoms with Crippen LogP contribution < -0.4 is 0 Å². The zero-order chi connectivity index (χ0) is 21.1. The summed E-state index contributed by atoms with van der Waals surface area (Å²) < 4.78 is 123. The molecule has 0 aromatic heterocycles. The average molecular weight is 435 g/mol. The van der Waals surface area contributed by atoms with E-state index < -0.39 is 46.5 Å². The number of nitrogens with zero attached hydrogens (tertiary/aromatic N) is 1. The molecule has 0 radical (unpaired) electrons. The van der Waals surface area contributed by atoms with Crippen LogP contribution in [0.5, 0.6) is 0 Å². The normalized spacial score (nSPS) is 26.2. The Hall–Kier alpha value is -1.85. The molecular weight excluding hydrogens is 425 g/mol. The van der Waals surface area contributed by atoms with Gasteiger partial charge in [0.2, 0.25) is 0 Å². The van der Waals surface area contributed by atoms with Crippen molar-refractivity contribution in [2.45, 2.75) is 36.4 Å². The number of alkyl halides is 9. The number of thioether (sulfide) groups is 1. The number of hydrogen-bond acceptors (Lipinski definition) is 2. The molecule has 0 spiro atoms. The minimum atomic E-state index is -6.34. The van der Waals surface area contributed by atoms with E-state index in [1.54, 1.807) is 6.07 Å². The van der Waals surface area contributed by atoms with Crippen LogP contribution in [0, 0.1) is 0 Å². The Kier molecular flexibility index (Phi) is 4.72. The lowest BCUT2D eigenvalue weighted by Gasteiger charge is -2.30. The zero-order valence-electron chi connectivity index (χ0n) is 13.5. The molecule has 154 valence electrons. The van der Waals surface area contributed by atoms with Gasteiger partial charge in [-0.05, 0) is 12.0 Å². The van der Waals surface area contributed by atoms with Gasteiger partial charge in [-0.1, -0.05) is 42.1 Å². The van der Waals surface area contributed by atoms with Crippen molar-refractivity contribution >= 4 is 17.0 Å². The van der Waals surface area contributed by atoms with E-state index in [0.717, 1.165) is 0 Å². The summed E-state index contributed by atoms with van der Waals surface area (Å²) in [5, 5.41) is -1.43. The summed E-state index contributed by atoms with van der Waals surface area (Å²) in [6, 6.07) is 6.16. The fraction of sp³-hybridized carbons (Fsp3) is 0.438. The summed E-state index contributed by atoms with van der Waals surface area (Å²) in [4.78, 5) is 11.8. The highest BCUT2D eigenvalue weighted by molar-refractivity contribution is 8.13. The number of halogens is 9. The molecule has 1 fully saturated rings. The third-order valence-electron chi connectivity index (χ3n) is 4.44. The van der Waals surface area contributed by atoms with E-state index >= 15 is 0 Å². The van der Waals surface area contributed by atoms with Gasteiger partial charge in [0, 0.05) is 5.75 Å². The topological polar surface area (TPSA) is 20.3 Å². The molecule has 1 saturated heterocycles. The first kappa shape index (κ1) is 20.9. The maximum Gasteiger partial charge on any atom is 0.420 e. The van der Waals surface area contributed by atoms with Gasteiger partial charge in [-0.15, -0.1) is 0 Å². The first-order valence-electron chi connectivity index (χ1n) is 7.68. The Bertz CT molecular complexity index is 819. The third-order valence-corrected chi connectivity index (χ3v) is 5.43. The molecule has 28 heavy (non-hydrogen) atoms. The maximum absolute atomic E-state index is 14.2. The highest BCUT2D eigenvalue weighted by Gasteiger charge is 2.85. The highest BCUT2D eigenvalue weighted by atomic mass is 32.2. The van der Waals surface area contributed by atoms with E-state index in [-0.39, 0.29) is 17.1 Å². The molecule has 2 nitrogen and oxygen atoms in total. The van der Waals surface area contributed by atoms with Crippen LogP contribution in [0.1, 0.15) is 5.56 Å². The molecule has 1 heterocycles. The predicted molar refractivity (Wildman–Crippen MR) is 81.5 cm³/mol. The predicted octanol–water partition coefficient (Wildman–Crippen LogP) is 5.50. The largest absolute Gasteiger partial charge is 0.420 e. The van der Waals surface area contributed by atoms with Gasteiger partial charge in [0.25, 0.3) is 5.24 Å². The van der Waals surface area contributed by atoms with Gasteiger partial charge in [0.15, 0.2) is 0 Å². The van der Waals surface area contributed by atoms with Crippen LogP contribution in [-0.2, 0) is 6.42 Å². The summed E-state index contributed by atoms with van der Waals surface area (Å²) in [6.45, 7) is 0. The van der Waals surface area contributed by atoms with Crippen molar-refractivity contribution in [3.8, 4) is 0 Å². The summed E-state index contributed by atoms with van der Waals surface area (Å²) in [7, 11) is 0. The number of rotatable bonds is 3. The average Bonchev–Trinajstić information content (AvgIpc) is 2.95. The summed E-state index contributed by atoms with van der Waals surface area (Å²) in [5.74, 6) is -18.8. The molecule has 1 aliphatic carbocycles. The van der Waals surface area contributed by atoms with Gasteiger partial charge in [-0.3, -0.25) is 9.69 Å². The molecule has 0 N–H and O–H groups in total. The summed E-state index contributed by atoms with van der Waals surface area (Å²) >= 11 is 0.296. The quantitative estimate of drug-likeness (QED) is 0.585. The molecule has 1 aromatic rings. The van der Waals surface area contributed by atoms with Gasteiger partial charge in [0.1, 0.15) is 11.3 Å². The Morgan fingerprint density at radius 3 is 2.11 bits per heavy atom. The molecule has 0 bridgehead atoms. The smallest absolute Gasteiger partial charge is 0.296 e. The number of carbonyl (C=O) groups excluding carboxylic acids is 1. The van der Waals surface area contributed by atoms with Crippen LogP contribution in [0.3, 0.4) is 0 Å². The van der Waals surface area contributed by atoms with Crippen molar-refractivity contribution in [3.63, 3.8) is 0 Å². The van der Waals surface area contributed by atoms with Crippen LogP contribution in [-0.4, -0.2) is 45.9 Å². The van der Waals surface area contributed by atoms with E-state index in [1.165, 1.54) is 24.3 Å². The van der Waals surface area contributed by atoms with Crippen molar-refractivity contribution in [2.24, 2.45) is 0 Å². The van der Waals surface area contributed by atoms with Crippen LogP contribution in [0.4, 0.5) is 44.3 Å². The maximum atomic E-state index is 14.2. The molecule has 1 atom stereocenters. The zero-order valence-corrected chi connectivity index (χ0v) is 14.4. The minimum Gasteiger partial charge on any atom is -0.296 e. The fourth-order valence-electron chi connectivity index (χ4n) is 3.16. The number of amides is 1. The van der Waals surface area contributed by atoms with Gasteiger partial charge in [-0.25, -0.2) is 0 Å². The molecule has 1 unspecified atom stereocenters. The summed E-state index contributed by atoms with van der Waals surface area (Å²) in [5.41, 5.74) is -5.66. The van der Waals surface area contributed by atoms with Gasteiger partial charge in [-0.2, -0.15) is 39.5 Å². The van der Waals surface area contributed by atoms with E-state index in [2.05, 4.69) is 0 Å². The van der Waals surface area contributed by atoms with Crippen LogP contribution in [0.25, 0.3) is 0 Å². The lowest BCUT2D eigenvalue weighted by molar-refractivity contribution is -0.275. The Morgan fingerprint density at radius 1 is 1.00 bits per heavy atom. The van der Waals surface area contributed by atoms with E-state index in [4.69, 9.17) is 0 Å². The third kappa shape index (κ3) is 2.87. The molecule has 0 saturated carbocycles.